The van der Waals surface area contributed by atoms with Crippen LogP contribution in [-0.4, -0.2) is 50.4 Å². The molecule has 162 valence electrons. The van der Waals surface area contributed by atoms with Crippen molar-refractivity contribution in [1.29, 1.82) is 0 Å². The summed E-state index contributed by atoms with van der Waals surface area (Å²) < 4.78 is 21.1. The van der Waals surface area contributed by atoms with Gasteiger partial charge in [0, 0.05) is 13.1 Å². The SMILES string of the molecule is NCC(COCc1ccccc1)OC(=O)C(=O)OC(CN)COCc1ccccc1. The van der Waals surface area contributed by atoms with Crippen LogP contribution in [0.3, 0.4) is 0 Å². The summed E-state index contributed by atoms with van der Waals surface area (Å²) in [6, 6.07) is 19.0. The molecule has 0 amide bonds. The van der Waals surface area contributed by atoms with Gasteiger partial charge in [0.2, 0.25) is 0 Å². The summed E-state index contributed by atoms with van der Waals surface area (Å²) in [6.07, 6.45) is -1.53. The van der Waals surface area contributed by atoms with Crippen LogP contribution < -0.4 is 11.5 Å². The lowest BCUT2D eigenvalue weighted by atomic mass is 10.2. The Morgan fingerprint density at radius 3 is 1.37 bits per heavy atom. The highest BCUT2D eigenvalue weighted by Crippen LogP contribution is 2.05. The van der Waals surface area contributed by atoms with E-state index in [1.807, 2.05) is 60.7 Å². The molecule has 2 aromatic rings. The molecule has 8 heteroatoms. The number of rotatable bonds is 12. The summed E-state index contributed by atoms with van der Waals surface area (Å²) in [7, 11) is 0. The zero-order chi connectivity index (χ0) is 21.6. The average Bonchev–Trinajstić information content (AvgIpc) is 2.78. The van der Waals surface area contributed by atoms with E-state index in [0.29, 0.717) is 13.2 Å². The fraction of sp³-hybridized carbons (Fsp3) is 0.364. The predicted octanol–water partition coefficient (Wildman–Crippen LogP) is 1.16. The Labute approximate surface area is 176 Å². The first-order valence-corrected chi connectivity index (χ1v) is 9.67. The molecule has 0 aliphatic rings. The van der Waals surface area contributed by atoms with Crippen LogP contribution in [0.15, 0.2) is 60.7 Å². The smallest absolute Gasteiger partial charge is 0.417 e. The van der Waals surface area contributed by atoms with E-state index in [4.69, 9.17) is 30.4 Å². The molecule has 30 heavy (non-hydrogen) atoms. The van der Waals surface area contributed by atoms with Crippen molar-refractivity contribution in [2.24, 2.45) is 11.5 Å². The highest BCUT2D eigenvalue weighted by atomic mass is 16.6. The zero-order valence-corrected chi connectivity index (χ0v) is 16.8. The second-order valence-electron chi connectivity index (χ2n) is 6.53. The van der Waals surface area contributed by atoms with Gasteiger partial charge in [0.05, 0.1) is 26.4 Å². The third-order valence-electron chi connectivity index (χ3n) is 4.07. The largest absolute Gasteiger partial charge is 0.450 e. The molecule has 8 nitrogen and oxygen atoms in total. The van der Waals surface area contributed by atoms with E-state index in [2.05, 4.69) is 0 Å². The molecule has 0 bridgehead atoms. The van der Waals surface area contributed by atoms with Crippen LogP contribution in [0.5, 0.6) is 0 Å². The van der Waals surface area contributed by atoms with Gasteiger partial charge in [0.25, 0.3) is 0 Å². The van der Waals surface area contributed by atoms with E-state index in [1.165, 1.54) is 0 Å². The number of nitrogens with two attached hydrogens (primary N) is 2. The lowest BCUT2D eigenvalue weighted by molar-refractivity contribution is -0.176. The van der Waals surface area contributed by atoms with Crippen molar-refractivity contribution in [3.63, 3.8) is 0 Å². The quantitative estimate of drug-likeness (QED) is 0.390. The lowest BCUT2D eigenvalue weighted by Gasteiger charge is -2.18. The van der Waals surface area contributed by atoms with E-state index in [1.54, 1.807) is 0 Å². The maximum absolute atomic E-state index is 12.0. The second kappa shape index (κ2) is 13.4. The Balaban J connectivity index is 1.70. The Morgan fingerprint density at radius 1 is 0.667 bits per heavy atom. The summed E-state index contributed by atoms with van der Waals surface area (Å²) in [4.78, 5) is 24.0. The Morgan fingerprint density at radius 2 is 1.03 bits per heavy atom. The molecule has 2 rings (SSSR count). The molecule has 2 unspecified atom stereocenters. The standard InChI is InChI=1S/C22H28N2O6/c23-11-19(15-27-13-17-7-3-1-4-8-17)29-21(25)22(26)30-20(12-24)16-28-14-18-9-5-2-6-10-18/h1-10,19-20H,11-16,23-24H2. The van der Waals surface area contributed by atoms with Gasteiger partial charge in [-0.2, -0.15) is 0 Å². The number of benzene rings is 2. The number of carbonyl (C=O) groups excluding carboxylic acids is 2. The number of hydrogen-bond donors (Lipinski definition) is 2. The molecular weight excluding hydrogens is 388 g/mol. The molecule has 2 atom stereocenters. The molecule has 4 N–H and O–H groups in total. The molecule has 0 saturated carbocycles. The second-order valence-corrected chi connectivity index (χ2v) is 6.53. The molecule has 0 aromatic heterocycles. The third-order valence-corrected chi connectivity index (χ3v) is 4.07. The van der Waals surface area contributed by atoms with Crippen LogP contribution in [0.4, 0.5) is 0 Å². The number of ether oxygens (including phenoxy) is 4. The van der Waals surface area contributed by atoms with Gasteiger partial charge in [-0.3, -0.25) is 0 Å². The monoisotopic (exact) mass is 416 g/mol. The van der Waals surface area contributed by atoms with Crippen LogP contribution in [0.1, 0.15) is 11.1 Å². The van der Waals surface area contributed by atoms with Gasteiger partial charge >= 0.3 is 11.9 Å². The summed E-state index contributed by atoms with van der Waals surface area (Å²) in [5, 5.41) is 0. The minimum Gasteiger partial charge on any atom is -0.450 e. The molecular formula is C22H28N2O6. The molecule has 0 spiro atoms. The van der Waals surface area contributed by atoms with Gasteiger partial charge in [0.15, 0.2) is 0 Å². The van der Waals surface area contributed by atoms with Crippen molar-refractivity contribution in [3.05, 3.63) is 71.8 Å². The highest BCUT2D eigenvalue weighted by Gasteiger charge is 2.25. The van der Waals surface area contributed by atoms with Gasteiger partial charge < -0.3 is 30.4 Å². The van der Waals surface area contributed by atoms with Crippen molar-refractivity contribution in [2.75, 3.05) is 26.3 Å². The van der Waals surface area contributed by atoms with Gasteiger partial charge in [-0.05, 0) is 11.1 Å². The highest BCUT2D eigenvalue weighted by molar-refractivity contribution is 6.29. The van der Waals surface area contributed by atoms with Crippen molar-refractivity contribution in [2.45, 2.75) is 25.4 Å². The number of esters is 2. The fourth-order valence-electron chi connectivity index (χ4n) is 2.46. The van der Waals surface area contributed by atoms with E-state index >= 15 is 0 Å². The minimum atomic E-state index is -1.14. The van der Waals surface area contributed by atoms with Gasteiger partial charge in [-0.25, -0.2) is 9.59 Å². The van der Waals surface area contributed by atoms with E-state index in [9.17, 15) is 9.59 Å². The molecule has 0 aliphatic heterocycles. The number of carbonyl (C=O) groups is 2. The minimum absolute atomic E-state index is 0.00825. The first-order chi connectivity index (χ1) is 14.6. The summed E-state index contributed by atoms with van der Waals surface area (Å²) in [6.45, 7) is 0.819. The van der Waals surface area contributed by atoms with Gasteiger partial charge in [-0.15, -0.1) is 0 Å². The van der Waals surface area contributed by atoms with E-state index < -0.39 is 24.1 Å². The first kappa shape index (κ1) is 23.5. The maximum Gasteiger partial charge on any atom is 0.417 e. The molecule has 0 saturated heterocycles. The summed E-state index contributed by atoms with van der Waals surface area (Å²) in [5.74, 6) is -2.29. The number of hydrogen-bond acceptors (Lipinski definition) is 8. The normalized spacial score (nSPS) is 12.7. The zero-order valence-electron chi connectivity index (χ0n) is 16.8. The molecule has 0 fully saturated rings. The van der Waals surface area contributed by atoms with Crippen molar-refractivity contribution < 1.29 is 28.5 Å². The molecule has 0 radical (unpaired) electrons. The van der Waals surface area contributed by atoms with E-state index in [0.717, 1.165) is 11.1 Å². The van der Waals surface area contributed by atoms with Crippen LogP contribution in [0.25, 0.3) is 0 Å². The first-order valence-electron chi connectivity index (χ1n) is 9.67. The van der Waals surface area contributed by atoms with Crippen molar-refractivity contribution in [1.82, 2.24) is 0 Å². The predicted molar refractivity (Wildman–Crippen MR) is 110 cm³/mol. The fourth-order valence-corrected chi connectivity index (χ4v) is 2.46. The molecule has 0 heterocycles. The average molecular weight is 416 g/mol. The van der Waals surface area contributed by atoms with Crippen LogP contribution in [0, 0.1) is 0 Å². The van der Waals surface area contributed by atoms with Gasteiger partial charge in [0.1, 0.15) is 12.2 Å². The Kier molecular flexibility index (Phi) is 10.5. The maximum atomic E-state index is 12.0. The third kappa shape index (κ3) is 8.71. The van der Waals surface area contributed by atoms with E-state index in [-0.39, 0.29) is 26.3 Å². The van der Waals surface area contributed by atoms with Gasteiger partial charge in [-0.1, -0.05) is 60.7 Å². The van der Waals surface area contributed by atoms with Crippen molar-refractivity contribution >= 4 is 11.9 Å². The lowest BCUT2D eigenvalue weighted by Crippen LogP contribution is -2.38. The molecule has 0 aliphatic carbocycles. The Hall–Kier alpha value is -2.78. The summed E-state index contributed by atoms with van der Waals surface area (Å²) >= 11 is 0. The molecule has 2 aromatic carbocycles. The van der Waals surface area contributed by atoms with Crippen LogP contribution in [0.2, 0.25) is 0 Å². The van der Waals surface area contributed by atoms with Crippen LogP contribution in [-0.2, 0) is 41.8 Å². The Bertz CT molecular complexity index is 691. The topological polar surface area (TPSA) is 123 Å². The van der Waals surface area contributed by atoms with Crippen LogP contribution >= 0.6 is 0 Å². The summed E-state index contributed by atoms with van der Waals surface area (Å²) in [5.41, 5.74) is 13.1. The van der Waals surface area contributed by atoms with Crippen molar-refractivity contribution in [3.8, 4) is 0 Å².